The van der Waals surface area contributed by atoms with Crippen molar-refractivity contribution in [2.75, 3.05) is 11.4 Å². The molecule has 7 nitrogen and oxygen atoms in total. The van der Waals surface area contributed by atoms with Gasteiger partial charge >= 0.3 is 5.69 Å². The van der Waals surface area contributed by atoms with Crippen LogP contribution in [0.1, 0.15) is 18.4 Å². The summed E-state index contributed by atoms with van der Waals surface area (Å²) in [6, 6.07) is 9.15. The highest BCUT2D eigenvalue weighted by atomic mass is 16.2. The molecule has 0 bridgehead atoms. The van der Waals surface area contributed by atoms with Gasteiger partial charge < -0.3 is 10.2 Å². The number of hydrogen-bond donors (Lipinski definition) is 1. The number of anilines is 1. The molecule has 124 valence electrons. The monoisotopic (exact) mass is 326 g/mol. The van der Waals surface area contributed by atoms with Crippen molar-refractivity contribution < 1.29 is 9.59 Å². The maximum Gasteiger partial charge on any atom is 0.347 e. The molecule has 1 aliphatic heterocycles. The topological polar surface area (TPSA) is 84.3 Å². The minimum absolute atomic E-state index is 0.0625. The van der Waals surface area contributed by atoms with Gasteiger partial charge in [0.05, 0.1) is 0 Å². The summed E-state index contributed by atoms with van der Waals surface area (Å²) in [5.41, 5.74) is 1.36. The minimum Gasteiger partial charge on any atom is -0.350 e. The van der Waals surface area contributed by atoms with E-state index in [-0.39, 0.29) is 18.4 Å². The highest BCUT2D eigenvalue weighted by Crippen LogP contribution is 2.21. The van der Waals surface area contributed by atoms with Crippen LogP contribution in [0.4, 0.5) is 5.69 Å². The second kappa shape index (κ2) is 7.08. The number of carbonyl (C=O) groups excluding carboxylic acids is 2. The fourth-order valence-electron chi connectivity index (χ4n) is 2.63. The van der Waals surface area contributed by atoms with E-state index in [0.29, 0.717) is 13.0 Å². The molecule has 1 aromatic heterocycles. The average Bonchev–Trinajstić information content (AvgIpc) is 3.02. The van der Waals surface area contributed by atoms with Crippen LogP contribution in [0, 0.1) is 0 Å². The SMILES string of the molecule is O=C(Cn1cccnc1=O)NCc1ccc(N2CCCC2=O)cc1. The lowest BCUT2D eigenvalue weighted by Crippen LogP contribution is -2.32. The molecule has 2 heterocycles. The van der Waals surface area contributed by atoms with Gasteiger partial charge in [-0.2, -0.15) is 0 Å². The molecule has 2 amide bonds. The highest BCUT2D eigenvalue weighted by Gasteiger charge is 2.21. The summed E-state index contributed by atoms with van der Waals surface area (Å²) >= 11 is 0. The van der Waals surface area contributed by atoms with E-state index >= 15 is 0 Å². The fourth-order valence-corrected chi connectivity index (χ4v) is 2.63. The number of hydrogen-bond acceptors (Lipinski definition) is 4. The second-order valence-corrected chi connectivity index (χ2v) is 5.62. The average molecular weight is 326 g/mol. The van der Waals surface area contributed by atoms with Gasteiger partial charge in [0.15, 0.2) is 0 Å². The Hall–Kier alpha value is -2.96. The van der Waals surface area contributed by atoms with Gasteiger partial charge in [0, 0.05) is 37.6 Å². The first-order valence-electron chi connectivity index (χ1n) is 7.81. The molecular formula is C17H18N4O3. The van der Waals surface area contributed by atoms with Gasteiger partial charge in [0.1, 0.15) is 6.54 Å². The van der Waals surface area contributed by atoms with Crippen LogP contribution in [0.15, 0.2) is 47.5 Å². The smallest absolute Gasteiger partial charge is 0.347 e. The molecule has 0 atom stereocenters. The first-order chi connectivity index (χ1) is 11.6. The molecule has 1 aromatic carbocycles. The summed E-state index contributed by atoms with van der Waals surface area (Å²) in [6.45, 7) is 1.06. The van der Waals surface area contributed by atoms with Crippen molar-refractivity contribution in [2.45, 2.75) is 25.9 Å². The van der Waals surface area contributed by atoms with E-state index in [4.69, 9.17) is 0 Å². The van der Waals surface area contributed by atoms with Crippen LogP contribution in [0.2, 0.25) is 0 Å². The number of aromatic nitrogens is 2. The van der Waals surface area contributed by atoms with Gasteiger partial charge in [-0.1, -0.05) is 12.1 Å². The van der Waals surface area contributed by atoms with Crippen LogP contribution in [0.25, 0.3) is 0 Å². The molecule has 0 radical (unpaired) electrons. The first kappa shape index (κ1) is 15.9. The van der Waals surface area contributed by atoms with E-state index in [2.05, 4.69) is 10.3 Å². The van der Waals surface area contributed by atoms with Gasteiger partial charge in [-0.3, -0.25) is 14.2 Å². The van der Waals surface area contributed by atoms with Gasteiger partial charge in [0.2, 0.25) is 11.8 Å². The van der Waals surface area contributed by atoms with E-state index in [1.165, 1.54) is 17.0 Å². The molecule has 0 unspecified atom stereocenters. The number of amides is 2. The molecular weight excluding hydrogens is 308 g/mol. The van der Waals surface area contributed by atoms with Crippen molar-refractivity contribution >= 4 is 17.5 Å². The maximum absolute atomic E-state index is 11.9. The Balaban J connectivity index is 1.55. The van der Waals surface area contributed by atoms with Crippen molar-refractivity contribution in [1.29, 1.82) is 0 Å². The molecule has 0 spiro atoms. The fraction of sp³-hybridized carbons (Fsp3) is 0.294. The van der Waals surface area contributed by atoms with Crippen LogP contribution in [-0.2, 0) is 22.7 Å². The van der Waals surface area contributed by atoms with Gasteiger partial charge in [-0.25, -0.2) is 9.78 Å². The summed E-state index contributed by atoms with van der Waals surface area (Å²) in [5.74, 6) is -0.109. The Labute approximate surface area is 138 Å². The van der Waals surface area contributed by atoms with Crippen LogP contribution in [0.5, 0.6) is 0 Å². The first-order valence-corrected chi connectivity index (χ1v) is 7.81. The lowest BCUT2D eigenvalue weighted by Gasteiger charge is -2.16. The molecule has 1 fully saturated rings. The van der Waals surface area contributed by atoms with Crippen LogP contribution in [0.3, 0.4) is 0 Å². The maximum atomic E-state index is 11.9. The molecule has 3 rings (SSSR count). The van der Waals surface area contributed by atoms with E-state index in [0.717, 1.165) is 24.2 Å². The number of benzene rings is 1. The summed E-state index contributed by atoms with van der Waals surface area (Å²) in [5, 5.41) is 2.77. The van der Waals surface area contributed by atoms with E-state index in [9.17, 15) is 14.4 Å². The third kappa shape index (κ3) is 3.68. The molecule has 2 aromatic rings. The highest BCUT2D eigenvalue weighted by molar-refractivity contribution is 5.95. The second-order valence-electron chi connectivity index (χ2n) is 5.62. The quantitative estimate of drug-likeness (QED) is 0.876. The number of nitrogens with one attached hydrogen (secondary N) is 1. The Morgan fingerprint density at radius 2 is 2.00 bits per heavy atom. The van der Waals surface area contributed by atoms with Crippen LogP contribution in [-0.4, -0.2) is 27.9 Å². The van der Waals surface area contributed by atoms with Crippen LogP contribution >= 0.6 is 0 Å². The molecule has 1 saturated heterocycles. The van der Waals surface area contributed by atoms with E-state index < -0.39 is 5.69 Å². The molecule has 0 aliphatic carbocycles. The number of nitrogens with zero attached hydrogens (tertiary/aromatic N) is 3. The summed E-state index contributed by atoms with van der Waals surface area (Å²) in [7, 11) is 0. The predicted octanol–water partition coefficient (Wildman–Crippen LogP) is 0.686. The van der Waals surface area contributed by atoms with Crippen molar-refractivity contribution in [3.63, 3.8) is 0 Å². The molecule has 24 heavy (non-hydrogen) atoms. The van der Waals surface area contributed by atoms with Gasteiger partial charge in [-0.15, -0.1) is 0 Å². The van der Waals surface area contributed by atoms with Crippen molar-refractivity contribution in [3.05, 3.63) is 58.8 Å². The standard InChI is InChI=1S/C17H18N4O3/c22-15(12-20-9-2-8-18-17(20)24)19-11-13-4-6-14(7-5-13)21-10-1-3-16(21)23/h2,4-9H,1,3,10-12H2,(H,19,22). The normalized spacial score (nSPS) is 14.0. The summed E-state index contributed by atoms with van der Waals surface area (Å²) < 4.78 is 1.25. The molecule has 7 heteroatoms. The molecule has 1 N–H and O–H groups in total. The van der Waals surface area contributed by atoms with Crippen molar-refractivity contribution in [3.8, 4) is 0 Å². The largest absolute Gasteiger partial charge is 0.350 e. The Morgan fingerprint density at radius 1 is 1.21 bits per heavy atom. The lowest BCUT2D eigenvalue weighted by atomic mass is 10.2. The Morgan fingerprint density at radius 3 is 2.67 bits per heavy atom. The molecule has 0 saturated carbocycles. The lowest BCUT2D eigenvalue weighted by molar-refractivity contribution is -0.122. The van der Waals surface area contributed by atoms with E-state index in [1.807, 2.05) is 24.3 Å². The van der Waals surface area contributed by atoms with Crippen LogP contribution < -0.4 is 15.9 Å². The van der Waals surface area contributed by atoms with E-state index in [1.54, 1.807) is 11.0 Å². The zero-order valence-corrected chi connectivity index (χ0v) is 13.1. The number of rotatable bonds is 5. The zero-order valence-electron chi connectivity index (χ0n) is 13.1. The van der Waals surface area contributed by atoms with Crippen molar-refractivity contribution in [2.24, 2.45) is 0 Å². The Kier molecular flexibility index (Phi) is 4.69. The van der Waals surface area contributed by atoms with Gasteiger partial charge in [0.25, 0.3) is 0 Å². The van der Waals surface area contributed by atoms with Gasteiger partial charge in [-0.05, 0) is 30.2 Å². The third-order valence-corrected chi connectivity index (χ3v) is 3.91. The Bertz CT molecular complexity index is 798. The van der Waals surface area contributed by atoms with Crippen molar-refractivity contribution in [1.82, 2.24) is 14.9 Å². The number of carbonyl (C=O) groups is 2. The summed E-state index contributed by atoms with van der Waals surface area (Å²) in [4.78, 5) is 40.5. The minimum atomic E-state index is -0.452. The third-order valence-electron chi connectivity index (χ3n) is 3.91. The predicted molar refractivity (Wildman–Crippen MR) is 88.4 cm³/mol. The zero-order chi connectivity index (χ0) is 16.9. The summed E-state index contributed by atoms with van der Waals surface area (Å²) in [6.07, 6.45) is 4.41. The molecule has 1 aliphatic rings.